The molecule has 3 amide bonds. The molecule has 0 unspecified atom stereocenters. The zero-order valence-corrected chi connectivity index (χ0v) is 14.2. The fourth-order valence-electron chi connectivity index (χ4n) is 3.15. The standard InChI is InChI=1S/C17H18N4O2S/c1-11-2-3-12-4-6-20(14(12)8-11)15(22)9-13-10-24-17(19-13)21-7-5-18-16(21)23/h2-3,8,10H,4-7,9H2,1H3,(H,18,23). The van der Waals surface area contributed by atoms with Gasteiger partial charge in [-0.25, -0.2) is 9.78 Å². The van der Waals surface area contributed by atoms with Crippen molar-refractivity contribution in [1.82, 2.24) is 10.3 Å². The zero-order chi connectivity index (χ0) is 16.7. The lowest BCUT2D eigenvalue weighted by Crippen LogP contribution is -2.30. The monoisotopic (exact) mass is 342 g/mol. The lowest BCUT2D eigenvalue weighted by molar-refractivity contribution is -0.117. The van der Waals surface area contributed by atoms with Gasteiger partial charge in [-0.3, -0.25) is 9.69 Å². The summed E-state index contributed by atoms with van der Waals surface area (Å²) in [6, 6.07) is 6.14. The molecule has 2 aliphatic rings. The Balaban J connectivity index is 1.49. The summed E-state index contributed by atoms with van der Waals surface area (Å²) in [7, 11) is 0. The number of nitrogens with zero attached hydrogens (tertiary/aromatic N) is 3. The molecule has 2 aromatic rings. The van der Waals surface area contributed by atoms with E-state index in [2.05, 4.69) is 28.5 Å². The Labute approximate surface area is 144 Å². The van der Waals surface area contributed by atoms with Gasteiger partial charge in [-0.05, 0) is 30.5 Å². The second kappa shape index (κ2) is 5.90. The van der Waals surface area contributed by atoms with Crippen LogP contribution in [0.15, 0.2) is 23.6 Å². The van der Waals surface area contributed by atoms with Crippen molar-refractivity contribution in [3.05, 3.63) is 40.4 Å². The molecule has 3 heterocycles. The van der Waals surface area contributed by atoms with Crippen LogP contribution >= 0.6 is 11.3 Å². The number of aryl methyl sites for hydroxylation is 1. The quantitative estimate of drug-likeness (QED) is 0.929. The topological polar surface area (TPSA) is 65.5 Å². The number of hydrogen-bond acceptors (Lipinski definition) is 4. The summed E-state index contributed by atoms with van der Waals surface area (Å²) in [6.07, 6.45) is 1.16. The van der Waals surface area contributed by atoms with E-state index < -0.39 is 0 Å². The number of carbonyl (C=O) groups is 2. The van der Waals surface area contributed by atoms with E-state index in [4.69, 9.17) is 0 Å². The molecule has 7 heteroatoms. The Morgan fingerprint density at radius 3 is 3.04 bits per heavy atom. The molecule has 0 aliphatic carbocycles. The highest BCUT2D eigenvalue weighted by Crippen LogP contribution is 2.30. The number of carbonyl (C=O) groups excluding carboxylic acids is 2. The van der Waals surface area contributed by atoms with Crippen LogP contribution in [0.4, 0.5) is 15.6 Å². The molecule has 24 heavy (non-hydrogen) atoms. The van der Waals surface area contributed by atoms with E-state index in [1.165, 1.54) is 16.9 Å². The minimum atomic E-state index is -0.119. The van der Waals surface area contributed by atoms with Crippen molar-refractivity contribution in [2.24, 2.45) is 0 Å². The number of thiazole rings is 1. The van der Waals surface area contributed by atoms with Crippen LogP contribution in [-0.4, -0.2) is 36.6 Å². The number of anilines is 2. The smallest absolute Gasteiger partial charge is 0.323 e. The molecule has 1 N–H and O–H groups in total. The first-order valence-electron chi connectivity index (χ1n) is 8.01. The molecule has 2 aliphatic heterocycles. The normalized spacial score (nSPS) is 16.5. The number of urea groups is 1. The van der Waals surface area contributed by atoms with Crippen LogP contribution < -0.4 is 15.1 Å². The largest absolute Gasteiger partial charge is 0.336 e. The molecule has 0 atom stereocenters. The average molecular weight is 342 g/mol. The fraction of sp³-hybridized carbons (Fsp3) is 0.353. The molecule has 6 nitrogen and oxygen atoms in total. The molecule has 124 valence electrons. The summed E-state index contributed by atoms with van der Waals surface area (Å²) in [6.45, 7) is 4.02. The Hall–Kier alpha value is -2.41. The molecular formula is C17H18N4O2S. The van der Waals surface area contributed by atoms with Crippen LogP contribution in [0.1, 0.15) is 16.8 Å². The maximum Gasteiger partial charge on any atom is 0.323 e. The van der Waals surface area contributed by atoms with Gasteiger partial charge in [0.05, 0.1) is 12.1 Å². The highest BCUT2D eigenvalue weighted by molar-refractivity contribution is 7.14. The molecule has 4 rings (SSSR count). The van der Waals surface area contributed by atoms with E-state index in [1.807, 2.05) is 17.2 Å². The maximum atomic E-state index is 12.7. The van der Waals surface area contributed by atoms with Gasteiger partial charge in [0.15, 0.2) is 5.13 Å². The molecule has 0 bridgehead atoms. The van der Waals surface area contributed by atoms with Gasteiger partial charge in [0.2, 0.25) is 5.91 Å². The molecule has 1 aromatic heterocycles. The van der Waals surface area contributed by atoms with Gasteiger partial charge in [0.25, 0.3) is 0 Å². The number of nitrogens with one attached hydrogen (secondary N) is 1. The van der Waals surface area contributed by atoms with E-state index in [9.17, 15) is 9.59 Å². The van der Waals surface area contributed by atoms with E-state index in [0.29, 0.717) is 18.2 Å². The Morgan fingerprint density at radius 1 is 1.38 bits per heavy atom. The first-order chi connectivity index (χ1) is 11.6. The van der Waals surface area contributed by atoms with Crippen LogP contribution in [0.25, 0.3) is 0 Å². The van der Waals surface area contributed by atoms with Gasteiger partial charge in [-0.15, -0.1) is 11.3 Å². The van der Waals surface area contributed by atoms with Gasteiger partial charge in [0.1, 0.15) is 0 Å². The molecule has 1 aromatic carbocycles. The van der Waals surface area contributed by atoms with E-state index in [-0.39, 0.29) is 18.4 Å². The van der Waals surface area contributed by atoms with Crippen molar-refractivity contribution in [2.75, 3.05) is 29.4 Å². The average Bonchev–Trinajstić information content (AvgIpc) is 3.26. The van der Waals surface area contributed by atoms with Crippen molar-refractivity contribution >= 4 is 34.1 Å². The molecule has 1 saturated heterocycles. The molecule has 0 saturated carbocycles. The maximum absolute atomic E-state index is 12.7. The van der Waals surface area contributed by atoms with Crippen molar-refractivity contribution < 1.29 is 9.59 Å². The highest BCUT2D eigenvalue weighted by atomic mass is 32.1. The van der Waals surface area contributed by atoms with Crippen molar-refractivity contribution in [3.8, 4) is 0 Å². The van der Waals surface area contributed by atoms with Gasteiger partial charge in [-0.2, -0.15) is 0 Å². The lowest BCUT2D eigenvalue weighted by Gasteiger charge is -2.17. The molecule has 1 fully saturated rings. The Kier molecular flexibility index (Phi) is 3.72. The minimum absolute atomic E-state index is 0.0575. The number of hydrogen-bond donors (Lipinski definition) is 1. The third-order valence-corrected chi connectivity index (χ3v) is 5.31. The number of benzene rings is 1. The summed E-state index contributed by atoms with van der Waals surface area (Å²) < 4.78 is 0. The summed E-state index contributed by atoms with van der Waals surface area (Å²) in [4.78, 5) is 32.3. The Morgan fingerprint density at radius 2 is 2.25 bits per heavy atom. The summed E-state index contributed by atoms with van der Waals surface area (Å²) in [5.41, 5.74) is 4.13. The van der Waals surface area contributed by atoms with Gasteiger partial charge in [-0.1, -0.05) is 12.1 Å². The minimum Gasteiger partial charge on any atom is -0.336 e. The van der Waals surface area contributed by atoms with Crippen LogP contribution in [0.2, 0.25) is 0 Å². The Bertz CT molecular complexity index is 817. The second-order valence-corrected chi connectivity index (χ2v) is 6.95. The molecule has 0 spiro atoms. The SMILES string of the molecule is Cc1ccc2c(c1)N(C(=O)Cc1csc(N3CCNC3=O)n1)CC2. The van der Waals surface area contributed by atoms with Crippen LogP contribution in [0.5, 0.6) is 0 Å². The van der Waals surface area contributed by atoms with Crippen LogP contribution in [0.3, 0.4) is 0 Å². The van der Waals surface area contributed by atoms with Gasteiger partial charge < -0.3 is 10.2 Å². The predicted molar refractivity (Wildman–Crippen MR) is 93.8 cm³/mol. The van der Waals surface area contributed by atoms with Crippen LogP contribution in [0, 0.1) is 6.92 Å². The second-order valence-electron chi connectivity index (χ2n) is 6.11. The number of fused-ring (bicyclic) bond motifs is 1. The number of aromatic nitrogens is 1. The summed E-state index contributed by atoms with van der Waals surface area (Å²) in [5, 5.41) is 5.28. The van der Waals surface area contributed by atoms with Crippen molar-refractivity contribution in [1.29, 1.82) is 0 Å². The van der Waals surface area contributed by atoms with E-state index in [0.717, 1.165) is 29.9 Å². The highest BCUT2D eigenvalue weighted by Gasteiger charge is 2.27. The first kappa shape index (κ1) is 15.1. The first-order valence-corrected chi connectivity index (χ1v) is 8.89. The van der Waals surface area contributed by atoms with Crippen molar-refractivity contribution in [3.63, 3.8) is 0 Å². The number of rotatable bonds is 3. The van der Waals surface area contributed by atoms with Gasteiger partial charge >= 0.3 is 6.03 Å². The summed E-state index contributed by atoms with van der Waals surface area (Å²) >= 11 is 1.41. The van der Waals surface area contributed by atoms with E-state index in [1.54, 1.807) is 4.90 Å². The summed E-state index contributed by atoms with van der Waals surface area (Å²) in [5.74, 6) is 0.0575. The predicted octanol–water partition coefficient (Wildman–Crippen LogP) is 2.11. The third-order valence-electron chi connectivity index (χ3n) is 4.40. The zero-order valence-electron chi connectivity index (χ0n) is 13.4. The third kappa shape index (κ3) is 2.65. The lowest BCUT2D eigenvalue weighted by atomic mass is 10.1. The fourth-order valence-corrected chi connectivity index (χ4v) is 4.00. The molecular weight excluding hydrogens is 324 g/mol. The van der Waals surface area contributed by atoms with Crippen molar-refractivity contribution in [2.45, 2.75) is 19.8 Å². The number of amides is 3. The van der Waals surface area contributed by atoms with Gasteiger partial charge in [0, 0.05) is 30.7 Å². The molecule has 0 radical (unpaired) electrons. The van der Waals surface area contributed by atoms with E-state index >= 15 is 0 Å². The van der Waals surface area contributed by atoms with Crippen LogP contribution in [-0.2, 0) is 17.6 Å².